The molecule has 2 unspecified atom stereocenters. The number of nitriles is 1. The molecule has 0 spiro atoms. The Labute approximate surface area is 124 Å². The lowest BCUT2D eigenvalue weighted by molar-refractivity contribution is 0.283. The van der Waals surface area contributed by atoms with Gasteiger partial charge in [0.25, 0.3) is 0 Å². The Morgan fingerprint density at radius 2 is 2.30 bits per heavy atom. The maximum absolute atomic E-state index is 9.10. The number of fused-ring (bicyclic) bond motifs is 1. The first-order valence-electron chi connectivity index (χ1n) is 7.20. The summed E-state index contributed by atoms with van der Waals surface area (Å²) in [7, 11) is 0. The third-order valence-electron chi connectivity index (χ3n) is 4.29. The van der Waals surface area contributed by atoms with Gasteiger partial charge in [-0.05, 0) is 37.0 Å². The smallest absolute Gasteiger partial charge is 0.125 e. The first-order valence-corrected chi connectivity index (χ1v) is 7.73. The average molecular weight is 288 g/mol. The molecule has 1 aliphatic rings. The summed E-state index contributed by atoms with van der Waals surface area (Å²) in [5.41, 5.74) is 2.68. The molecule has 0 bridgehead atoms. The number of hydrogen-bond acceptors (Lipinski definition) is 2. The lowest BCUT2D eigenvalue weighted by Gasteiger charge is -2.29. The second-order valence-corrected chi connectivity index (χ2v) is 6.04. The molecular formula is C16H18ClN3. The van der Waals surface area contributed by atoms with Gasteiger partial charge in [-0.1, -0.05) is 19.8 Å². The minimum Gasteiger partial charge on any atom is -0.324 e. The van der Waals surface area contributed by atoms with E-state index in [1.807, 2.05) is 18.2 Å². The molecule has 0 amide bonds. The fraction of sp³-hybridized carbons (Fsp3) is 0.500. The summed E-state index contributed by atoms with van der Waals surface area (Å²) in [6, 6.07) is 8.36. The zero-order valence-corrected chi connectivity index (χ0v) is 12.4. The van der Waals surface area contributed by atoms with E-state index in [0.29, 0.717) is 17.5 Å². The van der Waals surface area contributed by atoms with Gasteiger partial charge in [-0.3, -0.25) is 0 Å². The van der Waals surface area contributed by atoms with Gasteiger partial charge in [0, 0.05) is 6.04 Å². The van der Waals surface area contributed by atoms with Crippen LogP contribution in [0.1, 0.15) is 50.0 Å². The van der Waals surface area contributed by atoms with Crippen LogP contribution < -0.4 is 0 Å². The molecule has 1 fully saturated rings. The topological polar surface area (TPSA) is 41.6 Å². The molecule has 3 nitrogen and oxygen atoms in total. The normalized spacial score (nSPS) is 22.9. The summed E-state index contributed by atoms with van der Waals surface area (Å²) < 4.78 is 2.28. The zero-order chi connectivity index (χ0) is 14.1. The van der Waals surface area contributed by atoms with E-state index in [2.05, 4.69) is 22.5 Å². The summed E-state index contributed by atoms with van der Waals surface area (Å²) in [4.78, 5) is 4.63. The number of hydrogen-bond donors (Lipinski definition) is 0. The van der Waals surface area contributed by atoms with E-state index in [9.17, 15) is 0 Å². The van der Waals surface area contributed by atoms with Crippen LogP contribution in [0.2, 0.25) is 0 Å². The third kappa shape index (κ3) is 2.29. The summed E-state index contributed by atoms with van der Waals surface area (Å²) >= 11 is 6.08. The molecule has 20 heavy (non-hydrogen) atoms. The van der Waals surface area contributed by atoms with Crippen LogP contribution in [0, 0.1) is 17.2 Å². The summed E-state index contributed by atoms with van der Waals surface area (Å²) in [6.45, 7) is 2.31. The zero-order valence-electron chi connectivity index (χ0n) is 11.6. The van der Waals surface area contributed by atoms with E-state index in [1.165, 1.54) is 25.7 Å². The number of alkyl halides is 1. The predicted molar refractivity (Wildman–Crippen MR) is 80.7 cm³/mol. The van der Waals surface area contributed by atoms with Crippen molar-refractivity contribution in [2.24, 2.45) is 5.92 Å². The van der Waals surface area contributed by atoms with Crippen LogP contribution in [0.3, 0.4) is 0 Å². The largest absolute Gasteiger partial charge is 0.324 e. The van der Waals surface area contributed by atoms with Gasteiger partial charge in [-0.15, -0.1) is 11.6 Å². The highest BCUT2D eigenvalue weighted by atomic mass is 35.5. The van der Waals surface area contributed by atoms with Crippen molar-refractivity contribution in [3.05, 3.63) is 29.6 Å². The fourth-order valence-corrected chi connectivity index (χ4v) is 3.54. The van der Waals surface area contributed by atoms with Crippen molar-refractivity contribution in [1.82, 2.24) is 9.55 Å². The van der Waals surface area contributed by atoms with Gasteiger partial charge in [-0.2, -0.15) is 5.26 Å². The number of nitrogens with zero attached hydrogens (tertiary/aromatic N) is 3. The van der Waals surface area contributed by atoms with Gasteiger partial charge >= 0.3 is 0 Å². The third-order valence-corrected chi connectivity index (χ3v) is 4.52. The van der Waals surface area contributed by atoms with Crippen LogP contribution in [-0.2, 0) is 5.88 Å². The van der Waals surface area contributed by atoms with Crippen LogP contribution in [0.5, 0.6) is 0 Å². The van der Waals surface area contributed by atoms with Crippen LogP contribution in [-0.4, -0.2) is 9.55 Å². The Balaban J connectivity index is 2.13. The highest BCUT2D eigenvalue weighted by Crippen LogP contribution is 2.35. The van der Waals surface area contributed by atoms with Crippen LogP contribution >= 0.6 is 11.6 Å². The second-order valence-electron chi connectivity index (χ2n) is 5.77. The quantitative estimate of drug-likeness (QED) is 0.768. The Bertz CT molecular complexity index is 668. The van der Waals surface area contributed by atoms with Crippen molar-refractivity contribution in [1.29, 1.82) is 5.26 Å². The second kappa shape index (κ2) is 5.46. The van der Waals surface area contributed by atoms with Gasteiger partial charge in [0.15, 0.2) is 0 Å². The van der Waals surface area contributed by atoms with Gasteiger partial charge in [0.2, 0.25) is 0 Å². The number of imidazole rings is 1. The standard InChI is InChI=1S/C16H18ClN3/c1-11-3-2-4-13(7-11)20-15-8-12(10-18)5-6-14(15)19-16(20)9-17/h5-6,8,11,13H,2-4,7,9H2,1H3. The highest BCUT2D eigenvalue weighted by molar-refractivity contribution is 6.16. The van der Waals surface area contributed by atoms with Gasteiger partial charge in [0.1, 0.15) is 5.82 Å². The number of rotatable bonds is 2. The van der Waals surface area contributed by atoms with E-state index in [4.69, 9.17) is 16.9 Å². The van der Waals surface area contributed by atoms with E-state index < -0.39 is 0 Å². The first kappa shape index (κ1) is 13.5. The molecule has 1 heterocycles. The number of aromatic nitrogens is 2. The van der Waals surface area contributed by atoms with Crippen LogP contribution in [0.15, 0.2) is 18.2 Å². The Morgan fingerprint density at radius 1 is 1.45 bits per heavy atom. The summed E-state index contributed by atoms with van der Waals surface area (Å²) in [6.07, 6.45) is 4.91. The summed E-state index contributed by atoms with van der Waals surface area (Å²) in [5.74, 6) is 2.09. The highest BCUT2D eigenvalue weighted by Gasteiger charge is 2.24. The minimum atomic E-state index is 0.418. The molecule has 0 saturated heterocycles. The first-order chi connectivity index (χ1) is 9.72. The SMILES string of the molecule is CC1CCCC(n2c(CCl)nc3ccc(C#N)cc32)C1. The molecule has 2 atom stereocenters. The molecule has 1 aromatic carbocycles. The lowest BCUT2D eigenvalue weighted by Crippen LogP contribution is -2.19. The van der Waals surface area contributed by atoms with E-state index in [-0.39, 0.29) is 0 Å². The maximum atomic E-state index is 9.10. The average Bonchev–Trinajstić information content (AvgIpc) is 2.84. The molecule has 1 aliphatic carbocycles. The molecule has 0 radical (unpaired) electrons. The van der Waals surface area contributed by atoms with Crippen LogP contribution in [0.25, 0.3) is 11.0 Å². The Kier molecular flexibility index (Phi) is 3.67. The summed E-state index contributed by atoms with van der Waals surface area (Å²) in [5, 5.41) is 9.10. The van der Waals surface area contributed by atoms with E-state index in [0.717, 1.165) is 22.8 Å². The van der Waals surface area contributed by atoms with Crippen molar-refractivity contribution in [2.75, 3.05) is 0 Å². The van der Waals surface area contributed by atoms with Gasteiger partial charge in [-0.25, -0.2) is 4.98 Å². The van der Waals surface area contributed by atoms with Crippen molar-refractivity contribution in [3.63, 3.8) is 0 Å². The monoisotopic (exact) mass is 287 g/mol. The van der Waals surface area contributed by atoms with Crippen molar-refractivity contribution in [3.8, 4) is 6.07 Å². The van der Waals surface area contributed by atoms with Crippen molar-refractivity contribution >= 4 is 22.6 Å². The Morgan fingerprint density at radius 3 is 3.00 bits per heavy atom. The molecule has 2 aromatic rings. The van der Waals surface area contributed by atoms with Crippen molar-refractivity contribution in [2.45, 2.75) is 44.5 Å². The fourth-order valence-electron chi connectivity index (χ4n) is 3.35. The van der Waals surface area contributed by atoms with Gasteiger partial charge in [0.05, 0.1) is 28.5 Å². The molecule has 4 heteroatoms. The number of halogens is 1. The maximum Gasteiger partial charge on any atom is 0.125 e. The number of benzene rings is 1. The van der Waals surface area contributed by atoms with Crippen molar-refractivity contribution < 1.29 is 0 Å². The van der Waals surface area contributed by atoms with Crippen LogP contribution in [0.4, 0.5) is 0 Å². The molecular weight excluding hydrogens is 270 g/mol. The molecule has 1 saturated carbocycles. The Hall–Kier alpha value is -1.53. The molecule has 0 N–H and O–H groups in total. The molecule has 3 rings (SSSR count). The van der Waals surface area contributed by atoms with E-state index in [1.54, 1.807) is 0 Å². The lowest BCUT2D eigenvalue weighted by atomic mass is 9.87. The molecule has 1 aromatic heterocycles. The molecule has 0 aliphatic heterocycles. The van der Waals surface area contributed by atoms with E-state index >= 15 is 0 Å². The predicted octanol–water partition coefficient (Wildman–Crippen LogP) is 4.40. The molecule has 104 valence electrons. The van der Waals surface area contributed by atoms with Gasteiger partial charge < -0.3 is 4.57 Å². The minimum absolute atomic E-state index is 0.418.